The number of fused-ring (bicyclic) bond motifs is 1. The molecule has 2 aromatic heterocycles. The zero-order valence-corrected chi connectivity index (χ0v) is 19.0. The number of halogens is 1. The molecule has 0 N–H and O–H groups in total. The second-order valence-corrected chi connectivity index (χ2v) is 9.55. The van der Waals surface area contributed by atoms with Crippen LogP contribution in [0.15, 0.2) is 65.8 Å². The summed E-state index contributed by atoms with van der Waals surface area (Å²) in [6.07, 6.45) is 3.47. The first kappa shape index (κ1) is 20.8. The van der Waals surface area contributed by atoms with Crippen LogP contribution in [-0.4, -0.2) is 21.6 Å². The number of hydrogen-bond donors (Lipinski definition) is 0. The van der Waals surface area contributed by atoms with E-state index in [4.69, 9.17) is 16.6 Å². The summed E-state index contributed by atoms with van der Waals surface area (Å²) in [5.41, 5.74) is 3.50. The number of carbonyl (C=O) groups is 1. The number of pyridine rings is 1. The molecule has 0 aliphatic rings. The molecule has 0 aliphatic carbocycles. The third kappa shape index (κ3) is 4.51. The zero-order valence-electron chi connectivity index (χ0n) is 16.6. The van der Waals surface area contributed by atoms with Crippen LogP contribution in [0.4, 0.5) is 5.13 Å². The standard InChI is InChI=1S/C23H20ClN3OS2/c1-3-29-19-6-4-17(5-7-19)22(28)27(14-16-8-10-25-11-9-16)23-26-21-15(2)12-18(24)13-20(21)30-23/h4-13H,3,14H2,1-2H3. The van der Waals surface area contributed by atoms with Crippen molar-refractivity contribution in [1.82, 2.24) is 9.97 Å². The molecule has 0 radical (unpaired) electrons. The lowest BCUT2D eigenvalue weighted by Gasteiger charge is -2.20. The van der Waals surface area contributed by atoms with Crippen molar-refractivity contribution in [3.63, 3.8) is 0 Å². The molecule has 4 nitrogen and oxygen atoms in total. The van der Waals surface area contributed by atoms with E-state index in [0.29, 0.717) is 22.3 Å². The molecule has 1 amide bonds. The van der Waals surface area contributed by atoms with Crippen LogP contribution in [0, 0.1) is 6.92 Å². The largest absolute Gasteiger partial charge is 0.279 e. The summed E-state index contributed by atoms with van der Waals surface area (Å²) in [5, 5.41) is 1.33. The molecular weight excluding hydrogens is 434 g/mol. The average Bonchev–Trinajstić information content (AvgIpc) is 3.17. The number of aryl methyl sites for hydroxylation is 1. The fourth-order valence-corrected chi connectivity index (χ4v) is 5.25. The van der Waals surface area contributed by atoms with Crippen LogP contribution in [0.1, 0.15) is 28.4 Å². The molecule has 2 aromatic carbocycles. The first-order valence-electron chi connectivity index (χ1n) is 9.55. The molecule has 0 unspecified atom stereocenters. The maximum Gasteiger partial charge on any atom is 0.260 e. The molecule has 0 saturated carbocycles. The Hall–Kier alpha value is -2.41. The monoisotopic (exact) mass is 453 g/mol. The Kier molecular flexibility index (Phi) is 6.37. The fraction of sp³-hybridized carbons (Fsp3) is 0.174. The van der Waals surface area contributed by atoms with E-state index < -0.39 is 0 Å². The van der Waals surface area contributed by atoms with Gasteiger partial charge in [-0.1, -0.05) is 29.9 Å². The summed E-state index contributed by atoms with van der Waals surface area (Å²) in [4.78, 5) is 25.2. The summed E-state index contributed by atoms with van der Waals surface area (Å²) < 4.78 is 0.970. The van der Waals surface area contributed by atoms with Gasteiger partial charge in [-0.3, -0.25) is 14.7 Å². The van der Waals surface area contributed by atoms with Crippen molar-refractivity contribution >= 4 is 56.0 Å². The summed E-state index contributed by atoms with van der Waals surface area (Å²) in [6, 6.07) is 15.4. The summed E-state index contributed by atoms with van der Waals surface area (Å²) in [6.45, 7) is 4.51. The first-order valence-corrected chi connectivity index (χ1v) is 11.7. The second-order valence-electron chi connectivity index (χ2n) is 6.77. The van der Waals surface area contributed by atoms with Crippen LogP contribution in [0.25, 0.3) is 10.2 Å². The lowest BCUT2D eigenvalue weighted by molar-refractivity contribution is 0.0985. The predicted octanol–water partition coefficient (Wildman–Crippen LogP) is 6.61. The molecule has 0 bridgehead atoms. The second kappa shape index (κ2) is 9.16. The number of nitrogens with zero attached hydrogens (tertiary/aromatic N) is 3. The number of amides is 1. The van der Waals surface area contributed by atoms with Crippen molar-refractivity contribution < 1.29 is 4.79 Å². The van der Waals surface area contributed by atoms with Gasteiger partial charge in [0.1, 0.15) is 0 Å². The van der Waals surface area contributed by atoms with Gasteiger partial charge in [0.05, 0.1) is 16.8 Å². The maximum absolute atomic E-state index is 13.5. The van der Waals surface area contributed by atoms with Crippen LogP contribution in [0.5, 0.6) is 0 Å². The minimum atomic E-state index is -0.0809. The lowest BCUT2D eigenvalue weighted by atomic mass is 10.2. The number of anilines is 1. The van der Waals surface area contributed by atoms with Gasteiger partial charge in [0, 0.05) is 27.9 Å². The number of benzene rings is 2. The Morgan fingerprint density at radius 3 is 2.57 bits per heavy atom. The Morgan fingerprint density at radius 1 is 1.13 bits per heavy atom. The van der Waals surface area contributed by atoms with E-state index in [-0.39, 0.29) is 5.91 Å². The van der Waals surface area contributed by atoms with Gasteiger partial charge in [0.25, 0.3) is 5.91 Å². The lowest BCUT2D eigenvalue weighted by Crippen LogP contribution is -2.30. The summed E-state index contributed by atoms with van der Waals surface area (Å²) in [5.74, 6) is 0.914. The molecule has 152 valence electrons. The molecular formula is C23H20ClN3OS2. The quantitative estimate of drug-likeness (QED) is 0.308. The molecule has 0 fully saturated rings. The van der Waals surface area contributed by atoms with E-state index in [1.54, 1.807) is 29.1 Å². The average molecular weight is 454 g/mol. The number of aromatic nitrogens is 2. The highest BCUT2D eigenvalue weighted by Gasteiger charge is 2.22. The van der Waals surface area contributed by atoms with Crippen molar-refractivity contribution in [2.24, 2.45) is 0 Å². The maximum atomic E-state index is 13.5. The van der Waals surface area contributed by atoms with Gasteiger partial charge in [-0.25, -0.2) is 4.98 Å². The molecule has 30 heavy (non-hydrogen) atoms. The highest BCUT2D eigenvalue weighted by atomic mass is 35.5. The smallest absolute Gasteiger partial charge is 0.260 e. The minimum absolute atomic E-state index is 0.0809. The summed E-state index contributed by atoms with van der Waals surface area (Å²) >= 11 is 9.46. The minimum Gasteiger partial charge on any atom is -0.279 e. The van der Waals surface area contributed by atoms with Crippen LogP contribution in [0.2, 0.25) is 5.02 Å². The van der Waals surface area contributed by atoms with E-state index in [1.165, 1.54) is 11.3 Å². The third-order valence-corrected chi connectivity index (χ3v) is 6.76. The van der Waals surface area contributed by atoms with Crippen molar-refractivity contribution in [2.45, 2.75) is 25.3 Å². The van der Waals surface area contributed by atoms with E-state index >= 15 is 0 Å². The Balaban J connectivity index is 1.74. The first-order chi connectivity index (χ1) is 14.5. The molecule has 7 heteroatoms. The van der Waals surface area contributed by atoms with Gasteiger partial charge in [-0.15, -0.1) is 11.8 Å². The van der Waals surface area contributed by atoms with Gasteiger partial charge < -0.3 is 0 Å². The van der Waals surface area contributed by atoms with Crippen LogP contribution >= 0.6 is 34.7 Å². The number of thioether (sulfide) groups is 1. The Labute approximate surface area is 188 Å². The van der Waals surface area contributed by atoms with Crippen LogP contribution in [0.3, 0.4) is 0 Å². The molecule has 0 atom stereocenters. The van der Waals surface area contributed by atoms with E-state index in [1.807, 2.05) is 55.5 Å². The summed E-state index contributed by atoms with van der Waals surface area (Å²) in [7, 11) is 0. The van der Waals surface area contributed by atoms with Crippen molar-refractivity contribution in [3.8, 4) is 0 Å². The van der Waals surface area contributed by atoms with E-state index in [0.717, 1.165) is 32.0 Å². The Morgan fingerprint density at radius 2 is 1.87 bits per heavy atom. The normalized spacial score (nSPS) is 11.0. The highest BCUT2D eigenvalue weighted by molar-refractivity contribution is 7.99. The Bertz CT molecular complexity index is 1180. The predicted molar refractivity (Wildman–Crippen MR) is 127 cm³/mol. The van der Waals surface area contributed by atoms with Crippen molar-refractivity contribution in [2.75, 3.05) is 10.7 Å². The highest BCUT2D eigenvalue weighted by Crippen LogP contribution is 2.34. The van der Waals surface area contributed by atoms with Crippen LogP contribution in [-0.2, 0) is 6.54 Å². The van der Waals surface area contributed by atoms with Gasteiger partial charge in [0.15, 0.2) is 5.13 Å². The molecule has 0 spiro atoms. The van der Waals surface area contributed by atoms with Crippen molar-refractivity contribution in [3.05, 3.63) is 82.6 Å². The number of hydrogen-bond acceptors (Lipinski definition) is 5. The molecule has 0 saturated heterocycles. The topological polar surface area (TPSA) is 46.1 Å². The zero-order chi connectivity index (χ0) is 21.1. The molecule has 4 aromatic rings. The van der Waals surface area contributed by atoms with Crippen LogP contribution < -0.4 is 4.90 Å². The van der Waals surface area contributed by atoms with Gasteiger partial charge in [-0.2, -0.15) is 0 Å². The number of rotatable bonds is 6. The molecule has 2 heterocycles. The van der Waals surface area contributed by atoms with Gasteiger partial charge in [-0.05, 0) is 72.3 Å². The number of carbonyl (C=O) groups excluding carboxylic acids is 1. The third-order valence-electron chi connectivity index (χ3n) is 4.62. The molecule has 0 aliphatic heterocycles. The van der Waals surface area contributed by atoms with E-state index in [2.05, 4.69) is 11.9 Å². The van der Waals surface area contributed by atoms with Crippen molar-refractivity contribution in [1.29, 1.82) is 0 Å². The van der Waals surface area contributed by atoms with E-state index in [9.17, 15) is 4.79 Å². The van der Waals surface area contributed by atoms with Gasteiger partial charge in [0.2, 0.25) is 0 Å². The van der Waals surface area contributed by atoms with Gasteiger partial charge >= 0.3 is 0 Å². The molecule has 4 rings (SSSR count). The fourth-order valence-electron chi connectivity index (χ4n) is 3.17. The SMILES string of the molecule is CCSc1ccc(C(=O)N(Cc2ccncc2)c2nc3c(C)cc(Cl)cc3s2)cc1. The number of thiazole rings is 1.